The van der Waals surface area contributed by atoms with Crippen molar-refractivity contribution >= 4 is 5.97 Å². The molecule has 92 valence electrons. The summed E-state index contributed by atoms with van der Waals surface area (Å²) in [7, 11) is 0. The number of carbonyl (C=O) groups excluding carboxylic acids is 1. The zero-order chi connectivity index (χ0) is 12.4. The second-order valence-electron chi connectivity index (χ2n) is 5.09. The summed E-state index contributed by atoms with van der Waals surface area (Å²) in [6, 6.07) is 0. The molecular weight excluding hydrogens is 212 g/mol. The molecule has 2 aliphatic rings. The van der Waals surface area contributed by atoms with Gasteiger partial charge in [0.05, 0.1) is 0 Å². The lowest BCUT2D eigenvalue weighted by molar-refractivity contribution is -0.139. The van der Waals surface area contributed by atoms with Gasteiger partial charge in [-0.2, -0.15) is 0 Å². The zero-order valence-electron chi connectivity index (χ0n) is 10.9. The Bertz CT molecular complexity index is 424. The van der Waals surface area contributed by atoms with Crippen LogP contribution in [0.5, 0.6) is 0 Å². The molecule has 0 saturated carbocycles. The van der Waals surface area contributed by atoms with Crippen molar-refractivity contribution in [1.82, 2.24) is 0 Å². The fourth-order valence-electron chi connectivity index (χ4n) is 2.42. The van der Waals surface area contributed by atoms with Crippen LogP contribution in [0.1, 0.15) is 46.5 Å². The summed E-state index contributed by atoms with van der Waals surface area (Å²) in [5, 5.41) is 0. The Hall–Kier alpha value is -1.31. The SMILES string of the molecule is CC1=CCC/C(C)=C/CC2=C(C)C(=O)O[C@H]2C1. The van der Waals surface area contributed by atoms with Gasteiger partial charge in [0.15, 0.2) is 0 Å². The Labute approximate surface area is 103 Å². The van der Waals surface area contributed by atoms with Crippen molar-refractivity contribution in [3.63, 3.8) is 0 Å². The molecule has 0 N–H and O–H groups in total. The number of hydrogen-bond acceptors (Lipinski definition) is 2. The third kappa shape index (κ3) is 2.68. The highest BCUT2D eigenvalue weighted by Crippen LogP contribution is 2.31. The number of esters is 1. The average molecular weight is 232 g/mol. The van der Waals surface area contributed by atoms with Crippen LogP contribution in [0, 0.1) is 0 Å². The van der Waals surface area contributed by atoms with Crippen LogP contribution in [0.2, 0.25) is 0 Å². The number of allylic oxidation sites excluding steroid dienone is 3. The van der Waals surface area contributed by atoms with Gasteiger partial charge in [0.25, 0.3) is 0 Å². The van der Waals surface area contributed by atoms with E-state index in [4.69, 9.17) is 4.74 Å². The van der Waals surface area contributed by atoms with Crippen molar-refractivity contribution < 1.29 is 9.53 Å². The molecule has 0 amide bonds. The third-order valence-corrected chi connectivity index (χ3v) is 3.64. The highest BCUT2D eigenvalue weighted by atomic mass is 16.5. The third-order valence-electron chi connectivity index (χ3n) is 3.64. The Morgan fingerprint density at radius 2 is 1.94 bits per heavy atom. The number of carbonyl (C=O) groups is 1. The van der Waals surface area contributed by atoms with Crippen LogP contribution in [-0.2, 0) is 9.53 Å². The minimum Gasteiger partial charge on any atom is -0.454 e. The maximum atomic E-state index is 11.6. The van der Waals surface area contributed by atoms with Gasteiger partial charge in [-0.1, -0.05) is 23.3 Å². The normalized spacial score (nSPS) is 29.1. The molecule has 0 aromatic heterocycles. The van der Waals surface area contributed by atoms with E-state index in [-0.39, 0.29) is 12.1 Å². The van der Waals surface area contributed by atoms with Crippen molar-refractivity contribution in [1.29, 1.82) is 0 Å². The van der Waals surface area contributed by atoms with Gasteiger partial charge in [0.1, 0.15) is 6.10 Å². The smallest absolute Gasteiger partial charge is 0.334 e. The predicted molar refractivity (Wildman–Crippen MR) is 68.6 cm³/mol. The van der Waals surface area contributed by atoms with Crippen LogP contribution in [0.25, 0.3) is 0 Å². The highest BCUT2D eigenvalue weighted by molar-refractivity contribution is 5.91. The van der Waals surface area contributed by atoms with E-state index in [0.717, 1.165) is 31.3 Å². The van der Waals surface area contributed by atoms with Crippen LogP contribution < -0.4 is 0 Å². The van der Waals surface area contributed by atoms with Gasteiger partial charge < -0.3 is 4.74 Å². The van der Waals surface area contributed by atoms with Gasteiger partial charge in [-0.3, -0.25) is 0 Å². The van der Waals surface area contributed by atoms with Crippen molar-refractivity contribution in [3.05, 3.63) is 34.4 Å². The predicted octanol–water partition coefficient (Wildman–Crippen LogP) is 3.69. The van der Waals surface area contributed by atoms with Gasteiger partial charge in [-0.15, -0.1) is 0 Å². The van der Waals surface area contributed by atoms with Crippen LogP contribution in [0.4, 0.5) is 0 Å². The molecule has 0 aromatic carbocycles. The van der Waals surface area contributed by atoms with E-state index in [1.165, 1.54) is 16.7 Å². The number of ether oxygens (including phenoxy) is 1. The summed E-state index contributed by atoms with van der Waals surface area (Å²) in [6.45, 7) is 6.17. The lowest BCUT2D eigenvalue weighted by Gasteiger charge is -2.15. The van der Waals surface area contributed by atoms with E-state index in [2.05, 4.69) is 26.0 Å². The summed E-state index contributed by atoms with van der Waals surface area (Å²) in [5.74, 6) is -0.136. The molecule has 1 aliphatic carbocycles. The summed E-state index contributed by atoms with van der Waals surface area (Å²) in [5.41, 5.74) is 4.70. The van der Waals surface area contributed by atoms with E-state index >= 15 is 0 Å². The van der Waals surface area contributed by atoms with E-state index < -0.39 is 0 Å². The van der Waals surface area contributed by atoms with Gasteiger partial charge in [-0.05, 0) is 45.6 Å². The molecule has 0 bridgehead atoms. The Kier molecular flexibility index (Phi) is 3.51. The average Bonchev–Trinajstić information content (AvgIpc) is 2.52. The standard InChI is InChI=1S/C15H20O2/c1-10-5-4-6-11(2)9-14-13(8-7-10)12(3)15(16)17-14/h6-7,14H,4-5,8-9H2,1-3H3/b10-7+,11-6?/t14-/m0/s1. The van der Waals surface area contributed by atoms with Gasteiger partial charge in [0.2, 0.25) is 0 Å². The quantitative estimate of drug-likeness (QED) is 0.470. The van der Waals surface area contributed by atoms with Crippen LogP contribution in [-0.4, -0.2) is 12.1 Å². The molecule has 0 spiro atoms. The molecule has 2 heteroatoms. The molecule has 1 atom stereocenters. The summed E-state index contributed by atoms with van der Waals surface area (Å²) >= 11 is 0. The molecule has 2 nitrogen and oxygen atoms in total. The lowest BCUT2D eigenvalue weighted by atomic mass is 9.94. The second kappa shape index (κ2) is 4.91. The van der Waals surface area contributed by atoms with E-state index in [1.807, 2.05) is 6.92 Å². The van der Waals surface area contributed by atoms with E-state index in [1.54, 1.807) is 0 Å². The van der Waals surface area contributed by atoms with Gasteiger partial charge in [0, 0.05) is 12.0 Å². The fraction of sp³-hybridized carbons (Fsp3) is 0.533. The highest BCUT2D eigenvalue weighted by Gasteiger charge is 2.30. The monoisotopic (exact) mass is 232 g/mol. The van der Waals surface area contributed by atoms with Crippen LogP contribution in [0.15, 0.2) is 34.4 Å². The summed E-state index contributed by atoms with van der Waals surface area (Å²) < 4.78 is 5.43. The van der Waals surface area contributed by atoms with E-state index in [0.29, 0.717) is 0 Å². The molecule has 1 heterocycles. The lowest BCUT2D eigenvalue weighted by Crippen LogP contribution is -2.12. The second-order valence-corrected chi connectivity index (χ2v) is 5.09. The van der Waals surface area contributed by atoms with Crippen molar-refractivity contribution in [2.45, 2.75) is 52.6 Å². The first-order chi connectivity index (χ1) is 8.08. The van der Waals surface area contributed by atoms with Gasteiger partial charge in [-0.25, -0.2) is 4.79 Å². The maximum Gasteiger partial charge on any atom is 0.334 e. The van der Waals surface area contributed by atoms with Crippen molar-refractivity contribution in [2.75, 3.05) is 0 Å². The number of fused-ring (bicyclic) bond motifs is 1. The van der Waals surface area contributed by atoms with Crippen LogP contribution >= 0.6 is 0 Å². The molecule has 0 fully saturated rings. The first-order valence-corrected chi connectivity index (χ1v) is 6.30. The first kappa shape index (κ1) is 12.2. The Morgan fingerprint density at radius 3 is 2.71 bits per heavy atom. The number of rotatable bonds is 0. The topological polar surface area (TPSA) is 26.3 Å². The molecule has 0 unspecified atom stereocenters. The minimum absolute atomic E-state index is 0.0269. The first-order valence-electron chi connectivity index (χ1n) is 6.30. The van der Waals surface area contributed by atoms with Gasteiger partial charge >= 0.3 is 5.97 Å². The maximum absolute atomic E-state index is 11.6. The minimum atomic E-state index is -0.136. The molecule has 0 saturated heterocycles. The molecule has 2 rings (SSSR count). The Morgan fingerprint density at radius 1 is 1.18 bits per heavy atom. The summed E-state index contributed by atoms with van der Waals surface area (Å²) in [4.78, 5) is 11.6. The van der Waals surface area contributed by atoms with Crippen molar-refractivity contribution in [2.24, 2.45) is 0 Å². The molecule has 1 aliphatic heterocycles. The largest absolute Gasteiger partial charge is 0.454 e. The zero-order valence-corrected chi connectivity index (χ0v) is 10.9. The van der Waals surface area contributed by atoms with E-state index in [9.17, 15) is 4.79 Å². The molecule has 0 radical (unpaired) electrons. The summed E-state index contributed by atoms with van der Waals surface area (Å²) in [6.07, 6.45) is 8.40. The number of hydrogen-bond donors (Lipinski definition) is 0. The Balaban J connectivity index is 2.30. The fourth-order valence-corrected chi connectivity index (χ4v) is 2.42. The molecule has 0 aromatic rings. The molecular formula is C15H20O2. The van der Waals surface area contributed by atoms with Crippen LogP contribution in [0.3, 0.4) is 0 Å². The molecule has 17 heavy (non-hydrogen) atoms. The van der Waals surface area contributed by atoms with Crippen molar-refractivity contribution in [3.8, 4) is 0 Å².